The Morgan fingerprint density at radius 2 is 1.76 bits per heavy atom. The lowest BCUT2D eigenvalue weighted by molar-refractivity contribution is 0.262. The van der Waals surface area contributed by atoms with Gasteiger partial charge in [-0.05, 0) is 49.9 Å². The maximum atomic E-state index is 12.2. The largest absolute Gasteiger partial charge is 0.323 e. The normalized spacial score (nSPS) is 10.3. The summed E-state index contributed by atoms with van der Waals surface area (Å²) < 4.78 is 0. The third-order valence-corrected chi connectivity index (χ3v) is 3.61. The molecule has 0 atom stereocenters. The minimum atomic E-state index is -0.203. The Morgan fingerprint density at radius 1 is 1.00 bits per heavy atom. The molecule has 2 rings (SSSR count). The summed E-state index contributed by atoms with van der Waals surface area (Å²) in [4.78, 5) is 12.2. The summed E-state index contributed by atoms with van der Waals surface area (Å²) in [6, 6.07) is 11.8. The molecule has 0 radical (unpaired) electrons. The number of anilines is 2. The fraction of sp³-hybridized carbons (Fsp3) is 0.278. The highest BCUT2D eigenvalue weighted by molar-refractivity contribution is 6.01. The summed E-state index contributed by atoms with van der Waals surface area (Å²) in [5.74, 6) is 0. The van der Waals surface area contributed by atoms with Crippen LogP contribution in [0.5, 0.6) is 0 Å². The van der Waals surface area contributed by atoms with Crippen LogP contribution >= 0.6 is 0 Å². The molecule has 0 aliphatic carbocycles. The van der Waals surface area contributed by atoms with Crippen molar-refractivity contribution in [3.05, 3.63) is 58.7 Å². The second kappa shape index (κ2) is 6.44. The highest BCUT2D eigenvalue weighted by atomic mass is 16.2. The lowest BCUT2D eigenvalue weighted by Gasteiger charge is -2.14. The van der Waals surface area contributed by atoms with Crippen molar-refractivity contribution in [3.63, 3.8) is 0 Å². The second-order valence-electron chi connectivity index (χ2n) is 5.36. The number of amides is 2. The number of benzene rings is 2. The van der Waals surface area contributed by atoms with Crippen molar-refractivity contribution in [2.24, 2.45) is 0 Å². The topological polar surface area (TPSA) is 41.1 Å². The molecule has 2 aromatic carbocycles. The Kier molecular flexibility index (Phi) is 4.63. The van der Waals surface area contributed by atoms with Gasteiger partial charge >= 0.3 is 6.03 Å². The number of urea groups is 1. The zero-order valence-electron chi connectivity index (χ0n) is 13.1. The van der Waals surface area contributed by atoms with E-state index >= 15 is 0 Å². The Balaban J connectivity index is 2.15. The number of hydrogen-bond donors (Lipinski definition) is 2. The number of carbonyl (C=O) groups is 1. The fourth-order valence-electron chi connectivity index (χ4n) is 2.42. The third kappa shape index (κ3) is 3.63. The summed E-state index contributed by atoms with van der Waals surface area (Å²) >= 11 is 0. The van der Waals surface area contributed by atoms with Crippen LogP contribution in [0.4, 0.5) is 16.2 Å². The van der Waals surface area contributed by atoms with Crippen LogP contribution in [0, 0.1) is 20.8 Å². The molecule has 2 aromatic rings. The molecule has 110 valence electrons. The van der Waals surface area contributed by atoms with Gasteiger partial charge in [-0.3, -0.25) is 0 Å². The molecular formula is C18H22N2O. The van der Waals surface area contributed by atoms with Gasteiger partial charge in [-0.15, -0.1) is 0 Å². The van der Waals surface area contributed by atoms with Gasteiger partial charge in [0.15, 0.2) is 0 Å². The molecule has 3 heteroatoms. The van der Waals surface area contributed by atoms with E-state index in [1.54, 1.807) is 0 Å². The molecule has 3 nitrogen and oxygen atoms in total. The van der Waals surface area contributed by atoms with Gasteiger partial charge in [0, 0.05) is 11.4 Å². The standard InChI is InChI=1S/C18H22N2O/c1-5-15-8-6-7-13(3)17(15)20-18(21)19-16-10-9-12(2)11-14(16)4/h6-11H,5H2,1-4H3,(H2,19,20,21). The molecule has 0 saturated heterocycles. The van der Waals surface area contributed by atoms with Gasteiger partial charge in [-0.25, -0.2) is 4.79 Å². The van der Waals surface area contributed by atoms with E-state index < -0.39 is 0 Å². The lowest BCUT2D eigenvalue weighted by atomic mass is 10.1. The first-order valence-electron chi connectivity index (χ1n) is 7.25. The number of para-hydroxylation sites is 1. The molecule has 21 heavy (non-hydrogen) atoms. The molecular weight excluding hydrogens is 260 g/mol. The molecule has 0 heterocycles. The van der Waals surface area contributed by atoms with E-state index in [9.17, 15) is 4.79 Å². The Labute approximate surface area is 126 Å². The quantitative estimate of drug-likeness (QED) is 0.832. The van der Waals surface area contributed by atoms with Crippen LogP contribution in [0.15, 0.2) is 36.4 Å². The molecule has 2 N–H and O–H groups in total. The van der Waals surface area contributed by atoms with Crippen molar-refractivity contribution >= 4 is 17.4 Å². The molecule has 0 saturated carbocycles. The SMILES string of the molecule is CCc1cccc(C)c1NC(=O)Nc1ccc(C)cc1C. The summed E-state index contributed by atoms with van der Waals surface area (Å²) in [6.07, 6.45) is 0.890. The first kappa shape index (κ1) is 15.1. The van der Waals surface area contributed by atoms with E-state index in [-0.39, 0.29) is 6.03 Å². The van der Waals surface area contributed by atoms with Gasteiger partial charge < -0.3 is 10.6 Å². The average molecular weight is 282 g/mol. The molecule has 0 bridgehead atoms. The van der Waals surface area contributed by atoms with Crippen LogP contribution in [0.3, 0.4) is 0 Å². The third-order valence-electron chi connectivity index (χ3n) is 3.61. The number of rotatable bonds is 3. The second-order valence-corrected chi connectivity index (χ2v) is 5.36. The van der Waals surface area contributed by atoms with Crippen molar-refractivity contribution in [3.8, 4) is 0 Å². The van der Waals surface area contributed by atoms with Crippen LogP contribution in [-0.4, -0.2) is 6.03 Å². The first-order chi connectivity index (χ1) is 10.0. The van der Waals surface area contributed by atoms with Gasteiger partial charge in [-0.1, -0.05) is 42.8 Å². The lowest BCUT2D eigenvalue weighted by Crippen LogP contribution is -2.21. The smallest absolute Gasteiger partial charge is 0.307 e. The monoisotopic (exact) mass is 282 g/mol. The Bertz CT molecular complexity index is 662. The van der Waals surface area contributed by atoms with Crippen molar-refractivity contribution in [2.75, 3.05) is 10.6 Å². The Hall–Kier alpha value is -2.29. The number of hydrogen-bond acceptors (Lipinski definition) is 1. The van der Waals surface area contributed by atoms with Crippen LogP contribution < -0.4 is 10.6 Å². The highest BCUT2D eigenvalue weighted by Gasteiger charge is 2.09. The summed E-state index contributed by atoms with van der Waals surface area (Å²) in [7, 11) is 0. The van der Waals surface area contributed by atoms with Gasteiger partial charge in [0.05, 0.1) is 0 Å². The van der Waals surface area contributed by atoms with E-state index in [1.807, 2.05) is 51.1 Å². The molecule has 0 fully saturated rings. The predicted molar refractivity (Wildman–Crippen MR) is 89.1 cm³/mol. The van der Waals surface area contributed by atoms with E-state index in [0.717, 1.165) is 34.5 Å². The molecule has 2 amide bonds. The Morgan fingerprint density at radius 3 is 2.43 bits per heavy atom. The van der Waals surface area contributed by atoms with Gasteiger partial charge in [0.25, 0.3) is 0 Å². The van der Waals surface area contributed by atoms with Crippen molar-refractivity contribution < 1.29 is 4.79 Å². The maximum absolute atomic E-state index is 12.2. The fourth-order valence-corrected chi connectivity index (χ4v) is 2.42. The van der Waals surface area contributed by atoms with Crippen LogP contribution in [-0.2, 0) is 6.42 Å². The minimum Gasteiger partial charge on any atom is -0.307 e. The first-order valence-corrected chi connectivity index (χ1v) is 7.25. The number of nitrogens with one attached hydrogen (secondary N) is 2. The van der Waals surface area contributed by atoms with Crippen molar-refractivity contribution in [1.29, 1.82) is 0 Å². The highest BCUT2D eigenvalue weighted by Crippen LogP contribution is 2.22. The maximum Gasteiger partial charge on any atom is 0.323 e. The van der Waals surface area contributed by atoms with E-state index in [4.69, 9.17) is 0 Å². The average Bonchev–Trinajstić information content (AvgIpc) is 2.44. The van der Waals surface area contributed by atoms with Crippen LogP contribution in [0.1, 0.15) is 29.2 Å². The number of aryl methyl sites for hydroxylation is 4. The predicted octanol–water partition coefficient (Wildman–Crippen LogP) is 4.82. The number of carbonyl (C=O) groups excluding carboxylic acids is 1. The van der Waals surface area contributed by atoms with E-state index in [0.29, 0.717) is 0 Å². The van der Waals surface area contributed by atoms with Gasteiger partial charge in [0.1, 0.15) is 0 Å². The molecule has 0 aromatic heterocycles. The van der Waals surface area contributed by atoms with E-state index in [2.05, 4.69) is 23.6 Å². The van der Waals surface area contributed by atoms with Gasteiger partial charge in [0.2, 0.25) is 0 Å². The van der Waals surface area contributed by atoms with Crippen molar-refractivity contribution in [2.45, 2.75) is 34.1 Å². The minimum absolute atomic E-state index is 0.203. The zero-order chi connectivity index (χ0) is 15.4. The molecule has 0 unspecified atom stereocenters. The van der Waals surface area contributed by atoms with Crippen molar-refractivity contribution in [1.82, 2.24) is 0 Å². The summed E-state index contributed by atoms with van der Waals surface area (Å²) in [5, 5.41) is 5.88. The van der Waals surface area contributed by atoms with Crippen LogP contribution in [0.25, 0.3) is 0 Å². The molecule has 0 aliphatic heterocycles. The van der Waals surface area contributed by atoms with E-state index in [1.165, 1.54) is 5.56 Å². The summed E-state index contributed by atoms with van der Waals surface area (Å²) in [5.41, 5.74) is 6.21. The van der Waals surface area contributed by atoms with Gasteiger partial charge in [-0.2, -0.15) is 0 Å². The zero-order valence-corrected chi connectivity index (χ0v) is 13.1. The molecule has 0 spiro atoms. The molecule has 0 aliphatic rings. The van der Waals surface area contributed by atoms with Crippen LogP contribution in [0.2, 0.25) is 0 Å². The summed E-state index contributed by atoms with van der Waals surface area (Å²) in [6.45, 7) is 8.12.